The van der Waals surface area contributed by atoms with Crippen molar-refractivity contribution < 1.29 is 4.74 Å². The predicted octanol–water partition coefficient (Wildman–Crippen LogP) is 2.80. The summed E-state index contributed by atoms with van der Waals surface area (Å²) in [5.74, 6) is 0.963. The number of ether oxygens (including phenoxy) is 1. The van der Waals surface area contributed by atoms with Crippen LogP contribution in [0.1, 0.15) is 12.0 Å². The van der Waals surface area contributed by atoms with Crippen LogP contribution in [0.3, 0.4) is 0 Å². The van der Waals surface area contributed by atoms with Gasteiger partial charge in [0.2, 0.25) is 0 Å². The molecule has 3 heteroatoms. The Hall–Kier alpha value is -0.450. The molecule has 0 unspecified atom stereocenters. The Morgan fingerprint density at radius 1 is 1.46 bits per heavy atom. The maximum Gasteiger partial charge on any atom is 0.119 e. The van der Waals surface area contributed by atoms with Crippen molar-refractivity contribution in [2.75, 3.05) is 16.8 Å². The van der Waals surface area contributed by atoms with Crippen molar-refractivity contribution in [1.82, 2.24) is 0 Å². The molecule has 0 spiro atoms. The van der Waals surface area contributed by atoms with Crippen molar-refractivity contribution >= 4 is 28.6 Å². The summed E-state index contributed by atoms with van der Waals surface area (Å²) in [5, 5.41) is 0. The van der Waals surface area contributed by atoms with Crippen molar-refractivity contribution in [3.8, 4) is 5.75 Å². The molecule has 1 aliphatic rings. The van der Waals surface area contributed by atoms with E-state index in [1.54, 1.807) is 7.11 Å². The van der Waals surface area contributed by atoms with Crippen LogP contribution in [-0.4, -0.2) is 13.7 Å². The van der Waals surface area contributed by atoms with E-state index in [0.717, 1.165) is 12.3 Å². The highest BCUT2D eigenvalue weighted by atomic mass is 127. The van der Waals surface area contributed by atoms with E-state index < -0.39 is 0 Å². The molecule has 2 nitrogen and oxygen atoms in total. The molecule has 1 aromatic rings. The Morgan fingerprint density at radius 2 is 2.31 bits per heavy atom. The third-order valence-electron chi connectivity index (χ3n) is 2.35. The molecule has 0 aliphatic carbocycles. The standard InChI is InChI=1S/C10H12INO/c1-13-9-4-5-10-8(7-9)3-2-6-12(10)11/h4-5,7H,2-3,6H2,1H3. The van der Waals surface area contributed by atoms with Gasteiger partial charge in [0.25, 0.3) is 0 Å². The monoisotopic (exact) mass is 289 g/mol. The van der Waals surface area contributed by atoms with Gasteiger partial charge in [-0.05, 0) is 36.6 Å². The largest absolute Gasteiger partial charge is 0.497 e. The van der Waals surface area contributed by atoms with Crippen LogP contribution in [0, 0.1) is 0 Å². The van der Waals surface area contributed by atoms with E-state index in [9.17, 15) is 0 Å². The van der Waals surface area contributed by atoms with Crippen LogP contribution < -0.4 is 7.85 Å². The number of halogens is 1. The first-order valence-corrected chi connectivity index (χ1v) is 5.38. The number of benzene rings is 1. The lowest BCUT2D eigenvalue weighted by Crippen LogP contribution is -2.18. The Morgan fingerprint density at radius 3 is 3.08 bits per heavy atom. The summed E-state index contributed by atoms with van der Waals surface area (Å²) in [5.41, 5.74) is 2.74. The molecule has 1 heterocycles. The van der Waals surface area contributed by atoms with E-state index >= 15 is 0 Å². The van der Waals surface area contributed by atoms with Crippen molar-refractivity contribution in [2.24, 2.45) is 0 Å². The summed E-state index contributed by atoms with van der Waals surface area (Å²) in [6.07, 6.45) is 2.41. The van der Waals surface area contributed by atoms with Gasteiger partial charge in [0.1, 0.15) is 5.75 Å². The molecular weight excluding hydrogens is 277 g/mol. The van der Waals surface area contributed by atoms with Gasteiger partial charge in [0.15, 0.2) is 0 Å². The lowest BCUT2D eigenvalue weighted by Gasteiger charge is -2.25. The van der Waals surface area contributed by atoms with E-state index in [0.29, 0.717) is 0 Å². The SMILES string of the molecule is COc1ccc2c(c1)CCCN2I. The molecule has 0 fully saturated rings. The maximum absolute atomic E-state index is 5.19. The molecular formula is C10H12INO. The van der Waals surface area contributed by atoms with Gasteiger partial charge in [-0.1, -0.05) is 0 Å². The van der Waals surface area contributed by atoms with Crippen LogP contribution in [0.4, 0.5) is 5.69 Å². The van der Waals surface area contributed by atoms with Gasteiger partial charge in [-0.25, -0.2) is 0 Å². The number of methoxy groups -OCH3 is 1. The fourth-order valence-corrected chi connectivity index (χ4v) is 2.47. The van der Waals surface area contributed by atoms with Crippen molar-refractivity contribution in [3.05, 3.63) is 23.8 Å². The molecule has 0 saturated carbocycles. The minimum Gasteiger partial charge on any atom is -0.497 e. The second kappa shape index (κ2) is 3.74. The number of anilines is 1. The molecule has 0 radical (unpaired) electrons. The maximum atomic E-state index is 5.19. The van der Waals surface area contributed by atoms with E-state index in [2.05, 4.69) is 38.1 Å². The topological polar surface area (TPSA) is 12.5 Å². The van der Waals surface area contributed by atoms with Crippen LogP contribution in [0.15, 0.2) is 18.2 Å². The van der Waals surface area contributed by atoms with Gasteiger partial charge >= 0.3 is 0 Å². The summed E-state index contributed by atoms with van der Waals surface area (Å²) in [6.45, 7) is 1.15. The van der Waals surface area contributed by atoms with E-state index in [1.807, 2.05) is 6.07 Å². The van der Waals surface area contributed by atoms with Gasteiger partial charge in [-0.2, -0.15) is 0 Å². The van der Waals surface area contributed by atoms with E-state index in [4.69, 9.17) is 4.74 Å². The molecule has 1 aliphatic heterocycles. The van der Waals surface area contributed by atoms with Gasteiger partial charge in [0.05, 0.1) is 30.0 Å². The summed E-state index contributed by atoms with van der Waals surface area (Å²) < 4.78 is 7.47. The zero-order valence-corrected chi connectivity index (χ0v) is 9.74. The van der Waals surface area contributed by atoms with E-state index in [1.165, 1.54) is 24.1 Å². The van der Waals surface area contributed by atoms with Crippen LogP contribution in [0.25, 0.3) is 0 Å². The Labute approximate surface area is 92.4 Å². The minimum absolute atomic E-state index is 0.963. The highest BCUT2D eigenvalue weighted by Crippen LogP contribution is 2.32. The molecule has 13 heavy (non-hydrogen) atoms. The van der Waals surface area contributed by atoms with Crippen LogP contribution >= 0.6 is 22.9 Å². The normalized spacial score (nSPS) is 15.4. The Balaban J connectivity index is 2.39. The lowest BCUT2D eigenvalue weighted by molar-refractivity contribution is 0.414. The molecule has 0 amide bonds. The van der Waals surface area contributed by atoms with Crippen molar-refractivity contribution in [2.45, 2.75) is 12.8 Å². The van der Waals surface area contributed by atoms with Crippen molar-refractivity contribution in [1.29, 1.82) is 0 Å². The Kier molecular flexibility index (Phi) is 2.62. The number of hydrogen-bond donors (Lipinski definition) is 0. The third kappa shape index (κ3) is 1.75. The van der Waals surface area contributed by atoms with Gasteiger partial charge in [0, 0.05) is 12.2 Å². The van der Waals surface area contributed by atoms with Crippen molar-refractivity contribution in [3.63, 3.8) is 0 Å². The summed E-state index contributed by atoms with van der Waals surface area (Å²) >= 11 is 2.36. The highest BCUT2D eigenvalue weighted by molar-refractivity contribution is 14.1. The predicted molar refractivity (Wildman–Crippen MR) is 62.7 cm³/mol. The van der Waals surface area contributed by atoms with Gasteiger partial charge < -0.3 is 7.85 Å². The fraction of sp³-hybridized carbons (Fsp3) is 0.400. The molecule has 1 aromatic carbocycles. The number of fused-ring (bicyclic) bond motifs is 1. The quantitative estimate of drug-likeness (QED) is 0.582. The summed E-state index contributed by atoms with van der Waals surface area (Å²) in [6, 6.07) is 6.30. The second-order valence-corrected chi connectivity index (χ2v) is 4.35. The summed E-state index contributed by atoms with van der Waals surface area (Å²) in [4.78, 5) is 0. The Bertz CT molecular complexity index is 314. The first-order chi connectivity index (χ1) is 6.31. The molecule has 0 bridgehead atoms. The molecule has 0 atom stereocenters. The molecule has 0 aromatic heterocycles. The lowest BCUT2D eigenvalue weighted by atomic mass is 10.0. The molecule has 2 rings (SSSR count). The number of aryl methyl sites for hydroxylation is 1. The highest BCUT2D eigenvalue weighted by Gasteiger charge is 2.14. The van der Waals surface area contributed by atoms with Crippen LogP contribution in [0.2, 0.25) is 0 Å². The fourth-order valence-electron chi connectivity index (χ4n) is 1.65. The molecule has 0 saturated heterocycles. The zero-order chi connectivity index (χ0) is 9.26. The van der Waals surface area contributed by atoms with E-state index in [-0.39, 0.29) is 0 Å². The number of nitrogens with zero attached hydrogens (tertiary/aromatic N) is 1. The molecule has 70 valence electrons. The first kappa shape index (κ1) is 9.12. The number of rotatable bonds is 1. The summed E-state index contributed by atoms with van der Waals surface area (Å²) in [7, 11) is 1.71. The average molecular weight is 289 g/mol. The third-order valence-corrected chi connectivity index (χ3v) is 3.35. The second-order valence-electron chi connectivity index (χ2n) is 3.18. The smallest absolute Gasteiger partial charge is 0.119 e. The average Bonchev–Trinajstić information content (AvgIpc) is 2.18. The van der Waals surface area contributed by atoms with Crippen LogP contribution in [0.5, 0.6) is 5.75 Å². The number of hydrogen-bond acceptors (Lipinski definition) is 2. The zero-order valence-electron chi connectivity index (χ0n) is 7.59. The van der Waals surface area contributed by atoms with Gasteiger partial charge in [-0.3, -0.25) is 0 Å². The van der Waals surface area contributed by atoms with Gasteiger partial charge in [-0.15, -0.1) is 0 Å². The molecule has 0 N–H and O–H groups in total. The van der Waals surface area contributed by atoms with Crippen LogP contribution in [-0.2, 0) is 6.42 Å². The first-order valence-electron chi connectivity index (χ1n) is 4.41. The minimum atomic E-state index is 0.963.